The van der Waals surface area contributed by atoms with Crippen LogP contribution in [-0.2, 0) is 14.3 Å². The van der Waals surface area contributed by atoms with Crippen molar-refractivity contribution in [2.24, 2.45) is 0 Å². The average molecular weight is 300 g/mol. The zero-order valence-electron chi connectivity index (χ0n) is 13.7. The third-order valence-electron chi connectivity index (χ3n) is 3.44. The van der Waals surface area contributed by atoms with E-state index in [0.29, 0.717) is 0 Å². The van der Waals surface area contributed by atoms with Gasteiger partial charge in [-0.05, 0) is 53.4 Å². The van der Waals surface area contributed by atoms with Crippen LogP contribution >= 0.6 is 0 Å². The number of carbonyl (C=O) groups excluding carboxylic acids is 2. The Morgan fingerprint density at radius 3 is 2.38 bits per heavy atom. The maximum Gasteiger partial charge on any atom is 0.407 e. The fourth-order valence-electron chi connectivity index (χ4n) is 2.54. The van der Waals surface area contributed by atoms with E-state index in [1.807, 2.05) is 20.8 Å². The Morgan fingerprint density at radius 2 is 1.81 bits per heavy atom. The van der Waals surface area contributed by atoms with Crippen LogP contribution < -0.4 is 10.6 Å². The molecule has 1 aliphatic rings. The predicted molar refractivity (Wildman–Crippen MR) is 80.0 cm³/mol. The first-order valence-electron chi connectivity index (χ1n) is 7.54. The number of carbonyl (C=O) groups is 2. The van der Waals surface area contributed by atoms with E-state index in [2.05, 4.69) is 10.6 Å². The van der Waals surface area contributed by atoms with E-state index in [9.17, 15) is 9.59 Å². The van der Waals surface area contributed by atoms with Gasteiger partial charge in [-0.2, -0.15) is 0 Å². The van der Waals surface area contributed by atoms with Crippen LogP contribution in [0.5, 0.6) is 0 Å². The molecule has 0 aromatic rings. The summed E-state index contributed by atoms with van der Waals surface area (Å²) >= 11 is 0. The molecule has 122 valence electrons. The lowest BCUT2D eigenvalue weighted by Crippen LogP contribution is -2.49. The Hall–Kier alpha value is -1.30. The van der Waals surface area contributed by atoms with Crippen LogP contribution in [0.1, 0.15) is 53.4 Å². The molecular weight excluding hydrogens is 272 g/mol. The van der Waals surface area contributed by atoms with Crippen molar-refractivity contribution in [1.82, 2.24) is 10.6 Å². The second kappa shape index (κ2) is 7.64. The third kappa shape index (κ3) is 6.80. The second-order valence-electron chi connectivity index (χ2n) is 6.62. The smallest absolute Gasteiger partial charge is 0.407 e. The second-order valence-corrected chi connectivity index (χ2v) is 6.62. The summed E-state index contributed by atoms with van der Waals surface area (Å²) in [6.45, 7) is 7.32. The van der Waals surface area contributed by atoms with E-state index >= 15 is 0 Å². The Kier molecular flexibility index (Phi) is 6.45. The minimum absolute atomic E-state index is 0.0796. The standard InChI is InChI=1S/C15H28N2O4/c1-10(13(18)20-5)16-11-7-6-8-12(9-11)17-14(19)21-15(2,3)4/h10-12,16H,6-9H2,1-5H3,(H,17,19). The van der Waals surface area contributed by atoms with Gasteiger partial charge in [0.25, 0.3) is 0 Å². The molecule has 0 aromatic carbocycles. The fraction of sp³-hybridized carbons (Fsp3) is 0.867. The van der Waals surface area contributed by atoms with Gasteiger partial charge in [0.1, 0.15) is 11.6 Å². The van der Waals surface area contributed by atoms with Crippen LogP contribution in [0.3, 0.4) is 0 Å². The number of esters is 1. The average Bonchev–Trinajstić information content (AvgIpc) is 2.35. The largest absolute Gasteiger partial charge is 0.468 e. The summed E-state index contributed by atoms with van der Waals surface area (Å²) in [5.74, 6) is -0.266. The highest BCUT2D eigenvalue weighted by Gasteiger charge is 2.27. The van der Waals surface area contributed by atoms with Gasteiger partial charge in [-0.3, -0.25) is 4.79 Å². The number of rotatable bonds is 4. The SMILES string of the molecule is COC(=O)C(C)NC1CCCC(NC(=O)OC(C)(C)C)C1. The van der Waals surface area contributed by atoms with Gasteiger partial charge in [0.15, 0.2) is 0 Å². The van der Waals surface area contributed by atoms with Gasteiger partial charge >= 0.3 is 12.1 Å². The molecule has 6 nitrogen and oxygen atoms in total. The molecule has 0 radical (unpaired) electrons. The number of methoxy groups -OCH3 is 1. The van der Waals surface area contributed by atoms with Crippen LogP contribution in [0.4, 0.5) is 4.79 Å². The van der Waals surface area contributed by atoms with Gasteiger partial charge in [0.2, 0.25) is 0 Å². The molecular formula is C15H28N2O4. The molecule has 0 aliphatic heterocycles. The van der Waals surface area contributed by atoms with Gasteiger partial charge in [-0.25, -0.2) is 4.79 Å². The minimum Gasteiger partial charge on any atom is -0.468 e. The van der Waals surface area contributed by atoms with Crippen molar-refractivity contribution in [2.45, 2.75) is 77.1 Å². The highest BCUT2D eigenvalue weighted by Crippen LogP contribution is 2.20. The van der Waals surface area contributed by atoms with Crippen molar-refractivity contribution in [3.8, 4) is 0 Å². The molecule has 1 amide bonds. The maximum atomic E-state index is 11.8. The number of alkyl carbamates (subject to hydrolysis) is 1. The number of hydrogen-bond acceptors (Lipinski definition) is 5. The molecule has 2 N–H and O–H groups in total. The van der Waals surface area contributed by atoms with Crippen molar-refractivity contribution in [3.63, 3.8) is 0 Å². The van der Waals surface area contributed by atoms with Gasteiger partial charge < -0.3 is 20.1 Å². The zero-order chi connectivity index (χ0) is 16.0. The molecule has 1 rings (SSSR count). The summed E-state index contributed by atoms with van der Waals surface area (Å²) in [5, 5.41) is 6.16. The molecule has 0 bridgehead atoms. The van der Waals surface area contributed by atoms with Crippen molar-refractivity contribution in [2.75, 3.05) is 7.11 Å². The monoisotopic (exact) mass is 300 g/mol. The Morgan fingerprint density at radius 1 is 1.19 bits per heavy atom. The summed E-state index contributed by atoms with van der Waals surface area (Å²) in [5.41, 5.74) is -0.490. The highest BCUT2D eigenvalue weighted by molar-refractivity contribution is 5.75. The molecule has 0 heterocycles. The molecule has 21 heavy (non-hydrogen) atoms. The summed E-state index contributed by atoms with van der Waals surface area (Å²) in [6, 6.07) is -0.0518. The quantitative estimate of drug-likeness (QED) is 0.776. The van der Waals surface area contributed by atoms with E-state index in [4.69, 9.17) is 9.47 Å². The molecule has 1 fully saturated rings. The van der Waals surface area contributed by atoms with Crippen LogP contribution in [-0.4, -0.2) is 42.9 Å². The fourth-order valence-corrected chi connectivity index (χ4v) is 2.54. The van der Waals surface area contributed by atoms with E-state index in [1.165, 1.54) is 7.11 Å². The van der Waals surface area contributed by atoms with E-state index < -0.39 is 5.60 Å². The van der Waals surface area contributed by atoms with Crippen LogP contribution in [0, 0.1) is 0 Å². The van der Waals surface area contributed by atoms with Crippen molar-refractivity contribution in [3.05, 3.63) is 0 Å². The van der Waals surface area contributed by atoms with Gasteiger partial charge in [0, 0.05) is 12.1 Å². The summed E-state index contributed by atoms with van der Waals surface area (Å²) in [7, 11) is 1.38. The molecule has 1 aliphatic carbocycles. The summed E-state index contributed by atoms with van der Waals surface area (Å²) in [4.78, 5) is 23.2. The topological polar surface area (TPSA) is 76.7 Å². The Labute approximate surface area is 126 Å². The Balaban J connectivity index is 2.42. The van der Waals surface area contributed by atoms with Gasteiger partial charge in [-0.15, -0.1) is 0 Å². The zero-order valence-corrected chi connectivity index (χ0v) is 13.7. The van der Waals surface area contributed by atoms with E-state index in [1.54, 1.807) is 6.92 Å². The van der Waals surface area contributed by atoms with Gasteiger partial charge in [0.05, 0.1) is 7.11 Å². The van der Waals surface area contributed by atoms with Crippen molar-refractivity contribution < 1.29 is 19.1 Å². The number of amides is 1. The molecule has 0 saturated heterocycles. The summed E-state index contributed by atoms with van der Waals surface area (Å²) in [6.07, 6.45) is 3.35. The Bertz CT molecular complexity index is 365. The van der Waals surface area contributed by atoms with Crippen LogP contribution in [0.25, 0.3) is 0 Å². The molecule has 1 saturated carbocycles. The lowest BCUT2D eigenvalue weighted by Gasteiger charge is -2.32. The highest BCUT2D eigenvalue weighted by atomic mass is 16.6. The normalized spacial score (nSPS) is 24.0. The third-order valence-corrected chi connectivity index (χ3v) is 3.44. The minimum atomic E-state index is -0.490. The molecule has 6 heteroatoms. The van der Waals surface area contributed by atoms with E-state index in [0.717, 1.165) is 25.7 Å². The molecule has 3 atom stereocenters. The van der Waals surface area contributed by atoms with Gasteiger partial charge in [-0.1, -0.05) is 0 Å². The van der Waals surface area contributed by atoms with E-state index in [-0.39, 0.29) is 30.2 Å². The molecule has 0 aromatic heterocycles. The van der Waals surface area contributed by atoms with Crippen LogP contribution in [0.15, 0.2) is 0 Å². The van der Waals surface area contributed by atoms with Crippen molar-refractivity contribution in [1.29, 1.82) is 0 Å². The lowest BCUT2D eigenvalue weighted by molar-refractivity contribution is -0.142. The molecule has 0 spiro atoms. The lowest BCUT2D eigenvalue weighted by atomic mass is 9.90. The first-order chi connectivity index (χ1) is 9.71. The first kappa shape index (κ1) is 17.8. The number of nitrogens with one attached hydrogen (secondary N) is 2. The van der Waals surface area contributed by atoms with Crippen molar-refractivity contribution >= 4 is 12.1 Å². The maximum absolute atomic E-state index is 11.8. The molecule has 3 unspecified atom stereocenters. The first-order valence-corrected chi connectivity index (χ1v) is 7.54. The predicted octanol–water partition coefficient (Wildman–Crippen LogP) is 1.97. The van der Waals surface area contributed by atoms with Crippen LogP contribution in [0.2, 0.25) is 0 Å². The summed E-state index contributed by atoms with van der Waals surface area (Å²) < 4.78 is 9.98. The number of hydrogen-bond donors (Lipinski definition) is 2. The number of ether oxygens (including phenoxy) is 2.